The minimum atomic E-state index is -1.02. The van der Waals surface area contributed by atoms with E-state index in [9.17, 15) is 4.79 Å². The number of carbonyl (C=O) groups is 1. The summed E-state index contributed by atoms with van der Waals surface area (Å²) in [6.45, 7) is 1.46. The molecule has 0 N–H and O–H groups in total. The monoisotopic (exact) mass is 352 g/mol. The molecule has 0 aliphatic rings. The smallest absolute Gasteiger partial charge is 0.304 e. The molecule has 0 heterocycles. The SMILES string of the molecule is CC(=O)OC(c1ccccc1)(c1ccccc1)c1cccc2ccccc12. The molecule has 0 bridgehead atoms. The molecule has 0 radical (unpaired) electrons. The van der Waals surface area contributed by atoms with Gasteiger partial charge in [0.1, 0.15) is 0 Å². The molecule has 0 amide bonds. The molecule has 4 rings (SSSR count). The molecule has 132 valence electrons. The molecule has 0 unspecified atom stereocenters. The fraction of sp³-hybridized carbons (Fsp3) is 0.0800. The van der Waals surface area contributed by atoms with Crippen molar-refractivity contribution in [3.8, 4) is 0 Å². The van der Waals surface area contributed by atoms with E-state index in [1.807, 2.05) is 84.9 Å². The van der Waals surface area contributed by atoms with Gasteiger partial charge in [-0.25, -0.2) is 0 Å². The van der Waals surface area contributed by atoms with Gasteiger partial charge in [0.15, 0.2) is 5.60 Å². The van der Waals surface area contributed by atoms with E-state index in [1.54, 1.807) is 0 Å². The third-order valence-electron chi connectivity index (χ3n) is 4.83. The summed E-state index contributed by atoms with van der Waals surface area (Å²) in [5.41, 5.74) is 1.77. The van der Waals surface area contributed by atoms with Crippen LogP contribution in [-0.2, 0) is 15.1 Å². The summed E-state index contributed by atoms with van der Waals surface area (Å²) < 4.78 is 6.17. The highest BCUT2D eigenvalue weighted by atomic mass is 16.6. The third-order valence-corrected chi connectivity index (χ3v) is 4.83. The molecular formula is C25H20O2. The number of rotatable bonds is 4. The quantitative estimate of drug-likeness (QED) is 0.348. The number of carbonyl (C=O) groups excluding carboxylic acids is 1. The number of hydrogen-bond donors (Lipinski definition) is 0. The van der Waals surface area contributed by atoms with Crippen LogP contribution < -0.4 is 0 Å². The lowest BCUT2D eigenvalue weighted by Gasteiger charge is -2.35. The van der Waals surface area contributed by atoms with Crippen LogP contribution >= 0.6 is 0 Å². The van der Waals surface area contributed by atoms with Crippen LogP contribution in [0.25, 0.3) is 10.8 Å². The summed E-state index contributed by atoms with van der Waals surface area (Å²) in [6, 6.07) is 34.2. The van der Waals surface area contributed by atoms with Gasteiger partial charge in [0.05, 0.1) is 0 Å². The van der Waals surface area contributed by atoms with E-state index < -0.39 is 5.60 Å². The summed E-state index contributed by atoms with van der Waals surface area (Å²) in [4.78, 5) is 12.3. The van der Waals surface area contributed by atoms with Crippen molar-refractivity contribution in [1.82, 2.24) is 0 Å². The minimum Gasteiger partial charge on any atom is -0.444 e. The molecule has 2 heteroatoms. The summed E-state index contributed by atoms with van der Waals surface area (Å²) in [7, 11) is 0. The second-order valence-corrected chi connectivity index (χ2v) is 6.53. The Kier molecular flexibility index (Phi) is 4.47. The van der Waals surface area contributed by atoms with Crippen molar-refractivity contribution in [2.24, 2.45) is 0 Å². The molecule has 0 aromatic heterocycles. The van der Waals surface area contributed by atoms with Crippen molar-refractivity contribution in [2.75, 3.05) is 0 Å². The first-order chi connectivity index (χ1) is 13.2. The molecule has 0 saturated carbocycles. The van der Waals surface area contributed by atoms with Crippen LogP contribution in [0, 0.1) is 0 Å². The van der Waals surface area contributed by atoms with Gasteiger partial charge in [-0.3, -0.25) is 4.79 Å². The Balaban J connectivity index is 2.13. The van der Waals surface area contributed by atoms with Gasteiger partial charge in [0, 0.05) is 23.6 Å². The lowest BCUT2D eigenvalue weighted by Crippen LogP contribution is -2.34. The van der Waals surface area contributed by atoms with Gasteiger partial charge in [0.2, 0.25) is 0 Å². The van der Waals surface area contributed by atoms with Crippen LogP contribution in [-0.4, -0.2) is 5.97 Å². The molecule has 4 aromatic carbocycles. The van der Waals surface area contributed by atoms with Gasteiger partial charge >= 0.3 is 5.97 Å². The fourth-order valence-corrected chi connectivity index (χ4v) is 3.74. The highest BCUT2D eigenvalue weighted by Gasteiger charge is 2.40. The third kappa shape index (κ3) is 3.00. The first-order valence-corrected chi connectivity index (χ1v) is 9.01. The number of benzene rings is 4. The van der Waals surface area contributed by atoms with Crippen molar-refractivity contribution >= 4 is 16.7 Å². The predicted octanol–water partition coefficient (Wildman–Crippen LogP) is 5.69. The number of hydrogen-bond acceptors (Lipinski definition) is 2. The Labute approximate surface area is 159 Å². The van der Waals surface area contributed by atoms with Crippen molar-refractivity contribution in [2.45, 2.75) is 12.5 Å². The topological polar surface area (TPSA) is 26.3 Å². The first kappa shape index (κ1) is 17.0. The van der Waals surface area contributed by atoms with Gasteiger partial charge < -0.3 is 4.74 Å². The first-order valence-electron chi connectivity index (χ1n) is 9.01. The Morgan fingerprint density at radius 2 is 1.19 bits per heavy atom. The zero-order valence-electron chi connectivity index (χ0n) is 15.1. The number of ether oxygens (including phenoxy) is 1. The fourth-order valence-electron chi connectivity index (χ4n) is 3.74. The summed E-state index contributed by atoms with van der Waals surface area (Å²) in [6.07, 6.45) is 0. The highest BCUT2D eigenvalue weighted by Crippen LogP contribution is 2.43. The van der Waals surface area contributed by atoms with Crippen molar-refractivity contribution < 1.29 is 9.53 Å². The van der Waals surface area contributed by atoms with Crippen LogP contribution in [0.2, 0.25) is 0 Å². The van der Waals surface area contributed by atoms with Gasteiger partial charge in [-0.15, -0.1) is 0 Å². The van der Waals surface area contributed by atoms with E-state index in [1.165, 1.54) is 6.92 Å². The number of fused-ring (bicyclic) bond motifs is 1. The molecule has 0 saturated heterocycles. The van der Waals surface area contributed by atoms with Gasteiger partial charge in [0.25, 0.3) is 0 Å². The highest BCUT2D eigenvalue weighted by molar-refractivity contribution is 5.88. The summed E-state index contributed by atoms with van der Waals surface area (Å²) in [5.74, 6) is -0.323. The Hall–Kier alpha value is -3.39. The van der Waals surface area contributed by atoms with Gasteiger partial charge in [-0.05, 0) is 10.8 Å². The van der Waals surface area contributed by atoms with Crippen LogP contribution in [0.1, 0.15) is 23.6 Å². The van der Waals surface area contributed by atoms with Crippen LogP contribution in [0.15, 0.2) is 103 Å². The molecule has 0 aliphatic heterocycles. The number of esters is 1. The largest absolute Gasteiger partial charge is 0.444 e. The molecule has 27 heavy (non-hydrogen) atoms. The molecule has 0 fully saturated rings. The van der Waals surface area contributed by atoms with E-state index in [4.69, 9.17) is 4.74 Å². The Morgan fingerprint density at radius 3 is 1.78 bits per heavy atom. The van der Waals surface area contributed by atoms with E-state index in [2.05, 4.69) is 18.2 Å². The van der Waals surface area contributed by atoms with Gasteiger partial charge in [-0.2, -0.15) is 0 Å². The van der Waals surface area contributed by atoms with Crippen molar-refractivity contribution in [3.63, 3.8) is 0 Å². The average molecular weight is 352 g/mol. The molecular weight excluding hydrogens is 332 g/mol. The normalized spacial score (nSPS) is 11.3. The Bertz CT molecular complexity index is 1020. The van der Waals surface area contributed by atoms with E-state index in [0.29, 0.717) is 0 Å². The maximum Gasteiger partial charge on any atom is 0.304 e. The van der Waals surface area contributed by atoms with Crippen molar-refractivity contribution in [3.05, 3.63) is 120 Å². The Morgan fingerprint density at radius 1 is 0.667 bits per heavy atom. The second-order valence-electron chi connectivity index (χ2n) is 6.53. The summed E-state index contributed by atoms with van der Waals surface area (Å²) in [5, 5.41) is 2.17. The predicted molar refractivity (Wildman–Crippen MR) is 108 cm³/mol. The minimum absolute atomic E-state index is 0.323. The average Bonchev–Trinajstić information content (AvgIpc) is 2.73. The maximum absolute atomic E-state index is 12.3. The van der Waals surface area contributed by atoms with Crippen LogP contribution in [0.5, 0.6) is 0 Å². The van der Waals surface area contributed by atoms with E-state index in [-0.39, 0.29) is 5.97 Å². The standard InChI is InChI=1S/C25H20O2/c1-19(26)27-25(21-13-4-2-5-14-21,22-15-6-3-7-16-22)24-18-10-12-20-11-8-9-17-23(20)24/h2-18H,1H3. The lowest BCUT2D eigenvalue weighted by atomic mass is 9.78. The molecule has 0 aliphatic carbocycles. The molecule has 0 atom stereocenters. The lowest BCUT2D eigenvalue weighted by molar-refractivity contribution is -0.150. The molecule has 4 aromatic rings. The van der Waals surface area contributed by atoms with E-state index in [0.717, 1.165) is 27.5 Å². The molecule has 0 spiro atoms. The van der Waals surface area contributed by atoms with E-state index >= 15 is 0 Å². The zero-order chi connectivity index (χ0) is 18.7. The van der Waals surface area contributed by atoms with Gasteiger partial charge in [-0.1, -0.05) is 103 Å². The van der Waals surface area contributed by atoms with Crippen LogP contribution in [0.4, 0.5) is 0 Å². The second kappa shape index (κ2) is 7.08. The maximum atomic E-state index is 12.3. The van der Waals surface area contributed by atoms with Crippen molar-refractivity contribution in [1.29, 1.82) is 0 Å². The van der Waals surface area contributed by atoms with Crippen LogP contribution in [0.3, 0.4) is 0 Å². The molecule has 2 nitrogen and oxygen atoms in total. The summed E-state index contributed by atoms with van der Waals surface area (Å²) >= 11 is 0. The zero-order valence-corrected chi connectivity index (χ0v) is 15.1.